The Morgan fingerprint density at radius 1 is 1.67 bits per heavy atom. The van der Waals surface area contributed by atoms with E-state index in [1.54, 1.807) is 0 Å². The molecule has 12 heavy (non-hydrogen) atoms. The van der Waals surface area contributed by atoms with Gasteiger partial charge in [0.2, 0.25) is 5.89 Å². The third kappa shape index (κ3) is 1.38. The van der Waals surface area contributed by atoms with Gasteiger partial charge in [0.25, 0.3) is 0 Å². The molecule has 1 heterocycles. The molecule has 62 valence electrons. The Kier molecular flexibility index (Phi) is 1.68. The van der Waals surface area contributed by atoms with Crippen molar-refractivity contribution in [1.82, 2.24) is 10.1 Å². The molecule has 1 aliphatic rings. The molecule has 0 N–H and O–H groups in total. The molecule has 0 spiro atoms. The zero-order valence-electron chi connectivity index (χ0n) is 6.34. The van der Waals surface area contributed by atoms with Gasteiger partial charge in [-0.15, -0.1) is 0 Å². The predicted molar refractivity (Wildman–Crippen MR) is 39.1 cm³/mol. The SMILES string of the molecule is [N-]=[N+]=NCc1nc(C2CC2)no1. The van der Waals surface area contributed by atoms with E-state index in [1.807, 2.05) is 0 Å². The van der Waals surface area contributed by atoms with Gasteiger partial charge in [0, 0.05) is 10.8 Å². The Labute approximate surface area is 68.2 Å². The molecule has 0 unspecified atom stereocenters. The lowest BCUT2D eigenvalue weighted by Gasteiger charge is -1.79. The van der Waals surface area contributed by atoms with Gasteiger partial charge in [-0.05, 0) is 18.4 Å². The number of rotatable bonds is 3. The van der Waals surface area contributed by atoms with Crippen LogP contribution >= 0.6 is 0 Å². The van der Waals surface area contributed by atoms with Crippen molar-refractivity contribution >= 4 is 0 Å². The fraction of sp³-hybridized carbons (Fsp3) is 0.667. The summed E-state index contributed by atoms with van der Waals surface area (Å²) in [5.74, 6) is 1.63. The molecular formula is C6H7N5O. The van der Waals surface area contributed by atoms with Gasteiger partial charge >= 0.3 is 0 Å². The van der Waals surface area contributed by atoms with Gasteiger partial charge in [-0.3, -0.25) is 0 Å². The van der Waals surface area contributed by atoms with Crippen LogP contribution < -0.4 is 0 Å². The minimum atomic E-state index is 0.149. The van der Waals surface area contributed by atoms with Crippen LogP contribution in [0, 0.1) is 0 Å². The van der Waals surface area contributed by atoms with Crippen molar-refractivity contribution in [3.63, 3.8) is 0 Å². The molecule has 2 rings (SSSR count). The lowest BCUT2D eigenvalue weighted by molar-refractivity contribution is 0.374. The Morgan fingerprint density at radius 2 is 2.50 bits per heavy atom. The van der Waals surface area contributed by atoms with Crippen LogP contribution in [0.4, 0.5) is 0 Å². The van der Waals surface area contributed by atoms with E-state index in [0.717, 1.165) is 18.7 Å². The number of aromatic nitrogens is 2. The monoisotopic (exact) mass is 165 g/mol. The summed E-state index contributed by atoms with van der Waals surface area (Å²) in [5.41, 5.74) is 8.02. The van der Waals surface area contributed by atoms with Gasteiger partial charge in [0.15, 0.2) is 5.82 Å². The maximum absolute atomic E-state index is 8.02. The highest BCUT2D eigenvalue weighted by molar-refractivity contribution is 5.03. The largest absolute Gasteiger partial charge is 0.339 e. The standard InChI is InChI=1S/C6H7N5O/c7-11-8-3-5-9-6(10-12-5)4-1-2-4/h4H,1-3H2. The molecule has 0 aliphatic heterocycles. The van der Waals surface area contributed by atoms with E-state index in [2.05, 4.69) is 20.2 Å². The zero-order valence-corrected chi connectivity index (χ0v) is 6.34. The van der Waals surface area contributed by atoms with Crippen LogP contribution in [0.2, 0.25) is 0 Å². The molecule has 0 aromatic carbocycles. The van der Waals surface area contributed by atoms with Crippen molar-refractivity contribution in [2.24, 2.45) is 5.11 Å². The Morgan fingerprint density at radius 3 is 3.17 bits per heavy atom. The summed E-state index contributed by atoms with van der Waals surface area (Å²) >= 11 is 0. The first-order chi connectivity index (χ1) is 5.90. The fourth-order valence-corrected chi connectivity index (χ4v) is 0.932. The van der Waals surface area contributed by atoms with Crippen molar-refractivity contribution in [3.8, 4) is 0 Å². The summed E-state index contributed by atoms with van der Waals surface area (Å²) in [6, 6.07) is 0. The van der Waals surface area contributed by atoms with Crippen LogP contribution in [0.25, 0.3) is 10.4 Å². The average Bonchev–Trinajstić information content (AvgIpc) is 2.83. The highest BCUT2D eigenvalue weighted by atomic mass is 16.5. The zero-order chi connectivity index (χ0) is 8.39. The van der Waals surface area contributed by atoms with Gasteiger partial charge in [-0.1, -0.05) is 10.3 Å². The van der Waals surface area contributed by atoms with Crippen LogP contribution in [0.1, 0.15) is 30.5 Å². The van der Waals surface area contributed by atoms with Crippen molar-refractivity contribution < 1.29 is 4.52 Å². The van der Waals surface area contributed by atoms with Crippen molar-refractivity contribution in [1.29, 1.82) is 0 Å². The molecule has 1 aliphatic carbocycles. The summed E-state index contributed by atoms with van der Waals surface area (Å²) in [5, 5.41) is 7.08. The van der Waals surface area contributed by atoms with Crippen LogP contribution in [-0.2, 0) is 6.54 Å². The Bertz CT molecular complexity index is 322. The number of azide groups is 1. The van der Waals surface area contributed by atoms with Gasteiger partial charge in [0.05, 0.1) is 0 Å². The predicted octanol–water partition coefficient (Wildman–Crippen LogP) is 1.76. The van der Waals surface area contributed by atoms with E-state index in [1.165, 1.54) is 0 Å². The molecule has 0 atom stereocenters. The second-order valence-electron chi connectivity index (χ2n) is 2.71. The topological polar surface area (TPSA) is 87.7 Å². The van der Waals surface area contributed by atoms with Gasteiger partial charge in [0.1, 0.15) is 6.54 Å². The molecule has 1 aromatic rings. The quantitative estimate of drug-likeness (QED) is 0.388. The van der Waals surface area contributed by atoms with Gasteiger partial charge < -0.3 is 4.52 Å². The summed E-state index contributed by atoms with van der Waals surface area (Å²) in [7, 11) is 0. The van der Waals surface area contributed by atoms with E-state index < -0.39 is 0 Å². The Balaban J connectivity index is 2.07. The smallest absolute Gasteiger partial charge is 0.232 e. The third-order valence-electron chi connectivity index (χ3n) is 1.70. The summed E-state index contributed by atoms with van der Waals surface area (Å²) in [6.07, 6.45) is 2.28. The molecule has 6 heteroatoms. The molecule has 0 saturated heterocycles. The van der Waals surface area contributed by atoms with E-state index in [-0.39, 0.29) is 6.54 Å². The fourth-order valence-electron chi connectivity index (χ4n) is 0.932. The van der Waals surface area contributed by atoms with Crippen molar-refractivity contribution in [2.45, 2.75) is 25.3 Å². The van der Waals surface area contributed by atoms with Crippen molar-refractivity contribution in [2.75, 3.05) is 0 Å². The highest BCUT2D eigenvalue weighted by Gasteiger charge is 2.28. The molecule has 6 nitrogen and oxygen atoms in total. The number of hydrogen-bond donors (Lipinski definition) is 0. The lowest BCUT2D eigenvalue weighted by Crippen LogP contribution is -1.83. The molecular weight excluding hydrogens is 158 g/mol. The minimum absolute atomic E-state index is 0.149. The molecule has 0 bridgehead atoms. The first kappa shape index (κ1) is 7.12. The summed E-state index contributed by atoms with van der Waals surface area (Å²) in [6.45, 7) is 0.149. The normalized spacial score (nSPS) is 15.7. The second-order valence-corrected chi connectivity index (χ2v) is 2.71. The molecule has 0 amide bonds. The van der Waals surface area contributed by atoms with E-state index in [9.17, 15) is 0 Å². The number of nitrogens with zero attached hydrogens (tertiary/aromatic N) is 5. The average molecular weight is 165 g/mol. The van der Waals surface area contributed by atoms with Crippen molar-refractivity contribution in [3.05, 3.63) is 22.2 Å². The highest BCUT2D eigenvalue weighted by Crippen LogP contribution is 2.38. The molecule has 0 radical (unpaired) electrons. The van der Waals surface area contributed by atoms with E-state index in [0.29, 0.717) is 11.8 Å². The third-order valence-corrected chi connectivity index (χ3v) is 1.70. The molecule has 1 fully saturated rings. The van der Waals surface area contributed by atoms with Gasteiger partial charge in [-0.2, -0.15) is 4.98 Å². The summed E-state index contributed by atoms with van der Waals surface area (Å²) < 4.78 is 4.84. The van der Waals surface area contributed by atoms with Crippen LogP contribution in [0.15, 0.2) is 9.64 Å². The first-order valence-corrected chi connectivity index (χ1v) is 3.73. The molecule has 1 aromatic heterocycles. The lowest BCUT2D eigenvalue weighted by atomic mass is 10.4. The maximum atomic E-state index is 8.02. The molecule has 1 saturated carbocycles. The first-order valence-electron chi connectivity index (χ1n) is 3.73. The van der Waals surface area contributed by atoms with E-state index >= 15 is 0 Å². The second kappa shape index (κ2) is 2.83. The van der Waals surface area contributed by atoms with E-state index in [4.69, 9.17) is 10.1 Å². The minimum Gasteiger partial charge on any atom is -0.339 e. The van der Waals surface area contributed by atoms with Crippen LogP contribution in [0.3, 0.4) is 0 Å². The Hall–Kier alpha value is -1.55. The summed E-state index contributed by atoms with van der Waals surface area (Å²) in [4.78, 5) is 6.67. The maximum Gasteiger partial charge on any atom is 0.232 e. The number of hydrogen-bond acceptors (Lipinski definition) is 4. The van der Waals surface area contributed by atoms with Crippen LogP contribution in [0.5, 0.6) is 0 Å². The van der Waals surface area contributed by atoms with Crippen LogP contribution in [-0.4, -0.2) is 10.1 Å². The van der Waals surface area contributed by atoms with Gasteiger partial charge in [-0.25, -0.2) is 0 Å².